The summed E-state index contributed by atoms with van der Waals surface area (Å²) in [6.45, 7) is 6.14. The van der Waals surface area contributed by atoms with Crippen molar-refractivity contribution in [1.29, 1.82) is 0 Å². The van der Waals surface area contributed by atoms with Crippen LogP contribution in [-0.4, -0.2) is 40.1 Å². The predicted molar refractivity (Wildman–Crippen MR) is 131 cm³/mol. The maximum absolute atomic E-state index is 13.5. The fourth-order valence-corrected chi connectivity index (χ4v) is 5.20. The van der Waals surface area contributed by atoms with E-state index in [1.807, 2.05) is 51.1 Å². The zero-order chi connectivity index (χ0) is 24.3. The fourth-order valence-electron chi connectivity index (χ4n) is 3.73. The van der Waals surface area contributed by atoms with Crippen molar-refractivity contribution < 1.29 is 22.7 Å². The van der Waals surface area contributed by atoms with Crippen LogP contribution < -0.4 is 19.1 Å². The van der Waals surface area contributed by atoms with Crippen molar-refractivity contribution in [1.82, 2.24) is 5.32 Å². The molecule has 0 aliphatic carbocycles. The molecule has 3 aromatic carbocycles. The lowest BCUT2D eigenvalue weighted by atomic mass is 10.1. The lowest BCUT2D eigenvalue weighted by Gasteiger charge is -2.35. The highest BCUT2D eigenvalue weighted by Gasteiger charge is 2.37. The number of hydrogen-bond donors (Lipinski definition) is 1. The van der Waals surface area contributed by atoms with Crippen LogP contribution in [0.4, 0.5) is 5.69 Å². The van der Waals surface area contributed by atoms with Crippen molar-refractivity contribution in [3.05, 3.63) is 83.4 Å². The van der Waals surface area contributed by atoms with Crippen LogP contribution in [0.5, 0.6) is 11.5 Å². The van der Waals surface area contributed by atoms with Crippen molar-refractivity contribution >= 4 is 21.6 Å². The monoisotopic (exact) mass is 480 g/mol. The van der Waals surface area contributed by atoms with Crippen LogP contribution >= 0.6 is 0 Å². The first-order valence-corrected chi connectivity index (χ1v) is 12.5. The Morgan fingerprint density at radius 2 is 1.74 bits per heavy atom. The average Bonchev–Trinajstić information content (AvgIpc) is 2.82. The van der Waals surface area contributed by atoms with Gasteiger partial charge in [0.1, 0.15) is 18.1 Å². The molecular weight excluding hydrogens is 452 g/mol. The van der Waals surface area contributed by atoms with Gasteiger partial charge in [0.15, 0.2) is 6.10 Å². The molecule has 4 rings (SSSR count). The van der Waals surface area contributed by atoms with Gasteiger partial charge in [-0.05, 0) is 62.2 Å². The number of nitrogens with zero attached hydrogens (tertiary/aromatic N) is 1. The Balaban J connectivity index is 1.50. The summed E-state index contributed by atoms with van der Waals surface area (Å²) >= 11 is 0. The van der Waals surface area contributed by atoms with Crippen molar-refractivity contribution in [3.63, 3.8) is 0 Å². The van der Waals surface area contributed by atoms with Gasteiger partial charge >= 0.3 is 0 Å². The molecule has 1 N–H and O–H groups in total. The van der Waals surface area contributed by atoms with E-state index in [1.165, 1.54) is 4.31 Å². The number of para-hydroxylation sites is 1. The van der Waals surface area contributed by atoms with Gasteiger partial charge < -0.3 is 14.8 Å². The number of sulfonamides is 1. The number of fused-ring (bicyclic) bond motifs is 1. The Hall–Kier alpha value is -3.52. The van der Waals surface area contributed by atoms with Crippen molar-refractivity contribution in [2.75, 3.05) is 24.0 Å². The molecule has 0 radical (unpaired) electrons. The minimum atomic E-state index is -3.89. The first kappa shape index (κ1) is 23.6. The number of benzene rings is 3. The highest BCUT2D eigenvalue weighted by molar-refractivity contribution is 7.92. The highest BCUT2D eigenvalue weighted by Crippen LogP contribution is 2.37. The third-order valence-corrected chi connectivity index (χ3v) is 7.43. The molecule has 1 aliphatic rings. The van der Waals surface area contributed by atoms with Crippen LogP contribution in [0, 0.1) is 20.8 Å². The molecule has 0 saturated carbocycles. The molecule has 1 atom stereocenters. The second kappa shape index (κ2) is 9.77. The standard InChI is InChI=1S/C26H28N2O5S/c1-18-8-11-21(12-9-18)34(30,31)28-17-25(33-24-13-10-19(2)16-22(24)28)26(29)27-14-15-32-23-7-5-4-6-20(23)3/h4-13,16,25H,14-15,17H2,1-3H3,(H,27,29). The third-order valence-electron chi connectivity index (χ3n) is 5.64. The number of anilines is 1. The van der Waals surface area contributed by atoms with Gasteiger partial charge in [0.2, 0.25) is 0 Å². The largest absolute Gasteiger partial charge is 0.491 e. The molecule has 7 nitrogen and oxygen atoms in total. The zero-order valence-electron chi connectivity index (χ0n) is 19.4. The molecule has 8 heteroatoms. The molecule has 0 bridgehead atoms. The second-order valence-electron chi connectivity index (χ2n) is 8.33. The van der Waals surface area contributed by atoms with E-state index in [2.05, 4.69) is 5.32 Å². The average molecular weight is 481 g/mol. The van der Waals surface area contributed by atoms with Gasteiger partial charge in [-0.25, -0.2) is 8.42 Å². The summed E-state index contributed by atoms with van der Waals surface area (Å²) in [5.41, 5.74) is 3.28. The quantitative estimate of drug-likeness (QED) is 0.521. The summed E-state index contributed by atoms with van der Waals surface area (Å²) in [6, 6.07) is 19.6. The van der Waals surface area contributed by atoms with Gasteiger partial charge in [0.25, 0.3) is 15.9 Å². The van der Waals surface area contributed by atoms with Crippen LogP contribution in [0.3, 0.4) is 0 Å². The Morgan fingerprint density at radius 1 is 1.03 bits per heavy atom. The predicted octanol–water partition coefficient (Wildman–Crippen LogP) is 3.76. The minimum absolute atomic E-state index is 0.128. The van der Waals surface area contributed by atoms with Crippen LogP contribution in [0.2, 0.25) is 0 Å². The molecule has 1 heterocycles. The SMILES string of the molecule is Cc1ccc(S(=O)(=O)N2CC(C(=O)NCCOc3ccccc3C)Oc3ccc(C)cc32)cc1. The van der Waals surface area contributed by atoms with Crippen molar-refractivity contribution in [2.24, 2.45) is 0 Å². The number of nitrogens with one attached hydrogen (secondary N) is 1. The van der Waals surface area contributed by atoms with E-state index in [-0.39, 0.29) is 24.6 Å². The number of carbonyl (C=O) groups is 1. The van der Waals surface area contributed by atoms with E-state index >= 15 is 0 Å². The van der Waals surface area contributed by atoms with Crippen LogP contribution in [0.15, 0.2) is 71.6 Å². The molecular formula is C26H28N2O5S. The van der Waals surface area contributed by atoms with E-state index in [0.717, 1.165) is 22.4 Å². The van der Waals surface area contributed by atoms with E-state index < -0.39 is 22.0 Å². The van der Waals surface area contributed by atoms with E-state index in [4.69, 9.17) is 9.47 Å². The van der Waals surface area contributed by atoms with E-state index in [1.54, 1.807) is 36.4 Å². The lowest BCUT2D eigenvalue weighted by molar-refractivity contribution is -0.127. The van der Waals surface area contributed by atoms with Gasteiger partial charge in [-0.2, -0.15) is 0 Å². The number of carbonyl (C=O) groups excluding carboxylic acids is 1. The summed E-state index contributed by atoms with van der Waals surface area (Å²) in [6.07, 6.45) is -0.992. The summed E-state index contributed by atoms with van der Waals surface area (Å²) in [4.78, 5) is 13.1. The first-order valence-electron chi connectivity index (χ1n) is 11.1. The van der Waals surface area contributed by atoms with Crippen LogP contribution in [-0.2, 0) is 14.8 Å². The summed E-state index contributed by atoms with van der Waals surface area (Å²) < 4.78 is 39.9. The molecule has 34 heavy (non-hydrogen) atoms. The third kappa shape index (κ3) is 5.02. The van der Waals surface area contributed by atoms with Crippen molar-refractivity contribution in [3.8, 4) is 11.5 Å². The summed E-state index contributed by atoms with van der Waals surface area (Å²) in [5.74, 6) is 0.706. The zero-order valence-corrected chi connectivity index (χ0v) is 20.3. The van der Waals surface area contributed by atoms with E-state index in [0.29, 0.717) is 11.4 Å². The van der Waals surface area contributed by atoms with Gasteiger partial charge in [-0.3, -0.25) is 9.10 Å². The van der Waals surface area contributed by atoms with Crippen LogP contribution in [0.25, 0.3) is 0 Å². The smallest absolute Gasteiger partial charge is 0.264 e. The number of amides is 1. The second-order valence-corrected chi connectivity index (χ2v) is 10.2. The van der Waals surface area contributed by atoms with E-state index in [9.17, 15) is 13.2 Å². The van der Waals surface area contributed by atoms with Crippen LogP contribution in [0.1, 0.15) is 16.7 Å². The lowest BCUT2D eigenvalue weighted by Crippen LogP contribution is -2.51. The number of aryl methyl sites for hydroxylation is 3. The fraction of sp³-hybridized carbons (Fsp3) is 0.269. The highest BCUT2D eigenvalue weighted by atomic mass is 32.2. The molecule has 0 aromatic heterocycles. The molecule has 0 spiro atoms. The molecule has 0 saturated heterocycles. The molecule has 178 valence electrons. The number of hydrogen-bond acceptors (Lipinski definition) is 5. The number of ether oxygens (including phenoxy) is 2. The molecule has 0 fully saturated rings. The van der Waals surface area contributed by atoms with Gasteiger partial charge in [-0.1, -0.05) is 42.0 Å². The Kier molecular flexibility index (Phi) is 6.79. The number of rotatable bonds is 7. The maximum Gasteiger partial charge on any atom is 0.264 e. The Morgan fingerprint density at radius 3 is 2.47 bits per heavy atom. The maximum atomic E-state index is 13.5. The summed E-state index contributed by atoms with van der Waals surface area (Å²) in [5, 5.41) is 2.79. The molecule has 1 unspecified atom stereocenters. The first-order chi connectivity index (χ1) is 16.3. The van der Waals surface area contributed by atoms with Crippen molar-refractivity contribution in [2.45, 2.75) is 31.8 Å². The van der Waals surface area contributed by atoms with Gasteiger partial charge in [-0.15, -0.1) is 0 Å². The summed E-state index contributed by atoms with van der Waals surface area (Å²) in [7, 11) is -3.89. The Labute approximate surface area is 200 Å². The normalized spacial score (nSPS) is 15.3. The topological polar surface area (TPSA) is 84.9 Å². The molecule has 1 amide bonds. The van der Waals surface area contributed by atoms with Gasteiger partial charge in [0, 0.05) is 0 Å². The minimum Gasteiger partial charge on any atom is -0.491 e. The Bertz CT molecular complexity index is 1290. The molecule has 3 aromatic rings. The molecule has 1 aliphatic heterocycles. The van der Waals surface area contributed by atoms with Gasteiger partial charge in [0.05, 0.1) is 23.7 Å².